The van der Waals surface area contributed by atoms with Crippen molar-refractivity contribution in [2.24, 2.45) is 11.7 Å². The standard InChI is InChI=1S/C14H28N2O3/c1-4-16-14(3,13(15)17)9-11(2)19-10-12-5-7-18-8-6-12/h11-12,16H,4-10H2,1-3H3,(H2,15,17). The summed E-state index contributed by atoms with van der Waals surface area (Å²) in [5.41, 5.74) is 4.78. The highest BCUT2D eigenvalue weighted by atomic mass is 16.5. The Morgan fingerprint density at radius 2 is 2.16 bits per heavy atom. The Kier molecular flexibility index (Phi) is 6.75. The van der Waals surface area contributed by atoms with E-state index in [9.17, 15) is 4.79 Å². The molecule has 0 aromatic rings. The predicted octanol–water partition coefficient (Wildman–Crippen LogP) is 1.06. The molecule has 0 bridgehead atoms. The van der Waals surface area contributed by atoms with Gasteiger partial charge in [-0.15, -0.1) is 0 Å². The molecule has 1 heterocycles. The summed E-state index contributed by atoms with van der Waals surface area (Å²) in [5, 5.41) is 3.15. The minimum absolute atomic E-state index is 0.0133. The van der Waals surface area contributed by atoms with Gasteiger partial charge in [0.15, 0.2) is 0 Å². The van der Waals surface area contributed by atoms with E-state index in [1.54, 1.807) is 0 Å². The van der Waals surface area contributed by atoms with E-state index >= 15 is 0 Å². The van der Waals surface area contributed by atoms with E-state index in [4.69, 9.17) is 15.2 Å². The number of hydrogen-bond acceptors (Lipinski definition) is 4. The number of nitrogens with one attached hydrogen (secondary N) is 1. The highest BCUT2D eigenvalue weighted by molar-refractivity contribution is 5.84. The first-order valence-electron chi connectivity index (χ1n) is 7.22. The van der Waals surface area contributed by atoms with Gasteiger partial charge in [0, 0.05) is 26.2 Å². The molecule has 5 heteroatoms. The van der Waals surface area contributed by atoms with Crippen LogP contribution in [-0.2, 0) is 14.3 Å². The zero-order valence-electron chi connectivity index (χ0n) is 12.4. The monoisotopic (exact) mass is 272 g/mol. The van der Waals surface area contributed by atoms with Gasteiger partial charge in [-0.2, -0.15) is 0 Å². The number of likely N-dealkylation sites (N-methyl/N-ethyl adjacent to an activating group) is 1. The van der Waals surface area contributed by atoms with Crippen LogP contribution in [0, 0.1) is 5.92 Å². The van der Waals surface area contributed by atoms with E-state index in [0.29, 0.717) is 18.9 Å². The molecule has 0 aromatic carbocycles. The molecule has 1 saturated heterocycles. The van der Waals surface area contributed by atoms with Gasteiger partial charge < -0.3 is 20.5 Å². The topological polar surface area (TPSA) is 73.6 Å². The maximum absolute atomic E-state index is 11.5. The molecule has 1 rings (SSSR count). The molecule has 1 aliphatic rings. The molecule has 2 atom stereocenters. The smallest absolute Gasteiger partial charge is 0.237 e. The first-order chi connectivity index (χ1) is 8.98. The maximum Gasteiger partial charge on any atom is 0.237 e. The lowest BCUT2D eigenvalue weighted by molar-refractivity contribution is -0.125. The van der Waals surface area contributed by atoms with Crippen LogP contribution in [0.1, 0.15) is 40.0 Å². The van der Waals surface area contributed by atoms with E-state index in [1.165, 1.54) is 0 Å². The average molecular weight is 272 g/mol. The van der Waals surface area contributed by atoms with Crippen molar-refractivity contribution in [1.29, 1.82) is 0 Å². The summed E-state index contributed by atoms with van der Waals surface area (Å²) in [4.78, 5) is 11.5. The van der Waals surface area contributed by atoms with Crippen molar-refractivity contribution in [2.45, 2.75) is 51.7 Å². The van der Waals surface area contributed by atoms with Gasteiger partial charge in [0.25, 0.3) is 0 Å². The fraction of sp³-hybridized carbons (Fsp3) is 0.929. The predicted molar refractivity (Wildman–Crippen MR) is 74.9 cm³/mol. The van der Waals surface area contributed by atoms with Crippen molar-refractivity contribution < 1.29 is 14.3 Å². The molecule has 112 valence electrons. The molecule has 2 unspecified atom stereocenters. The van der Waals surface area contributed by atoms with E-state index in [0.717, 1.165) is 32.7 Å². The zero-order valence-corrected chi connectivity index (χ0v) is 12.4. The molecule has 3 N–H and O–H groups in total. The molecule has 0 aliphatic carbocycles. The van der Waals surface area contributed by atoms with Gasteiger partial charge in [0.05, 0.1) is 11.6 Å². The summed E-state index contributed by atoms with van der Waals surface area (Å²) in [7, 11) is 0. The minimum Gasteiger partial charge on any atom is -0.381 e. The van der Waals surface area contributed by atoms with Gasteiger partial charge in [-0.05, 0) is 39.2 Å². The van der Waals surface area contributed by atoms with Crippen molar-refractivity contribution in [1.82, 2.24) is 5.32 Å². The van der Waals surface area contributed by atoms with Gasteiger partial charge in [-0.3, -0.25) is 4.79 Å². The number of carbonyl (C=O) groups is 1. The van der Waals surface area contributed by atoms with Crippen LogP contribution in [0.4, 0.5) is 0 Å². The molecule has 1 aliphatic heterocycles. The second-order valence-corrected chi connectivity index (χ2v) is 5.63. The lowest BCUT2D eigenvalue weighted by Crippen LogP contribution is -2.54. The minimum atomic E-state index is -0.691. The first kappa shape index (κ1) is 16.4. The van der Waals surface area contributed by atoms with E-state index in [2.05, 4.69) is 5.32 Å². The molecule has 0 spiro atoms. The second kappa shape index (κ2) is 7.82. The Labute approximate surface area is 116 Å². The van der Waals surface area contributed by atoms with Crippen molar-refractivity contribution >= 4 is 5.91 Å². The third-order valence-electron chi connectivity index (χ3n) is 3.76. The molecule has 0 saturated carbocycles. The second-order valence-electron chi connectivity index (χ2n) is 5.63. The lowest BCUT2D eigenvalue weighted by Gasteiger charge is -2.31. The van der Waals surface area contributed by atoms with Gasteiger partial charge in [-0.1, -0.05) is 6.92 Å². The molecular formula is C14H28N2O3. The zero-order chi connectivity index (χ0) is 14.3. The van der Waals surface area contributed by atoms with Crippen LogP contribution in [0.2, 0.25) is 0 Å². The summed E-state index contributed by atoms with van der Waals surface area (Å²) in [6.45, 7) is 8.93. The molecule has 0 radical (unpaired) electrons. The number of nitrogens with two attached hydrogens (primary N) is 1. The van der Waals surface area contributed by atoms with Crippen LogP contribution in [0.25, 0.3) is 0 Å². The summed E-state index contributed by atoms with van der Waals surface area (Å²) >= 11 is 0. The quantitative estimate of drug-likeness (QED) is 0.693. The largest absolute Gasteiger partial charge is 0.381 e. The third-order valence-corrected chi connectivity index (χ3v) is 3.76. The number of primary amides is 1. The summed E-state index contributed by atoms with van der Waals surface area (Å²) in [6.07, 6.45) is 2.73. The van der Waals surface area contributed by atoms with Gasteiger partial charge in [0.1, 0.15) is 0 Å². The van der Waals surface area contributed by atoms with Crippen LogP contribution >= 0.6 is 0 Å². The fourth-order valence-electron chi connectivity index (χ4n) is 2.50. The van der Waals surface area contributed by atoms with Crippen LogP contribution in [0.3, 0.4) is 0 Å². The molecule has 19 heavy (non-hydrogen) atoms. The molecule has 5 nitrogen and oxygen atoms in total. The third kappa shape index (κ3) is 5.47. The summed E-state index contributed by atoms with van der Waals surface area (Å²) in [6, 6.07) is 0. The van der Waals surface area contributed by atoms with Crippen LogP contribution in [0.5, 0.6) is 0 Å². The number of rotatable bonds is 8. The fourth-order valence-corrected chi connectivity index (χ4v) is 2.50. The number of amides is 1. The van der Waals surface area contributed by atoms with Crippen molar-refractivity contribution in [3.05, 3.63) is 0 Å². The van der Waals surface area contributed by atoms with Crippen LogP contribution < -0.4 is 11.1 Å². The van der Waals surface area contributed by atoms with Crippen molar-refractivity contribution in [2.75, 3.05) is 26.4 Å². The summed E-state index contributed by atoms with van der Waals surface area (Å²) in [5.74, 6) is 0.256. The Hall–Kier alpha value is -0.650. The highest BCUT2D eigenvalue weighted by Gasteiger charge is 2.32. The normalized spacial score (nSPS) is 21.8. The SMILES string of the molecule is CCNC(C)(CC(C)OCC1CCOCC1)C(N)=O. The molecule has 1 fully saturated rings. The Bertz CT molecular complexity index is 280. The van der Waals surface area contributed by atoms with Gasteiger partial charge in [-0.25, -0.2) is 0 Å². The highest BCUT2D eigenvalue weighted by Crippen LogP contribution is 2.18. The van der Waals surface area contributed by atoms with E-state index in [-0.39, 0.29) is 12.0 Å². The summed E-state index contributed by atoms with van der Waals surface area (Å²) < 4.78 is 11.2. The van der Waals surface area contributed by atoms with Gasteiger partial charge >= 0.3 is 0 Å². The number of hydrogen-bond donors (Lipinski definition) is 2. The number of ether oxygens (including phenoxy) is 2. The van der Waals surface area contributed by atoms with Crippen molar-refractivity contribution in [3.63, 3.8) is 0 Å². The lowest BCUT2D eigenvalue weighted by atomic mass is 9.93. The molecular weight excluding hydrogens is 244 g/mol. The Morgan fingerprint density at radius 3 is 2.68 bits per heavy atom. The average Bonchev–Trinajstić information content (AvgIpc) is 2.37. The van der Waals surface area contributed by atoms with E-state index in [1.807, 2.05) is 20.8 Å². The Morgan fingerprint density at radius 1 is 1.53 bits per heavy atom. The molecule has 1 amide bonds. The van der Waals surface area contributed by atoms with Crippen LogP contribution in [-0.4, -0.2) is 43.9 Å². The maximum atomic E-state index is 11.5. The van der Waals surface area contributed by atoms with Crippen LogP contribution in [0.15, 0.2) is 0 Å². The van der Waals surface area contributed by atoms with Crippen molar-refractivity contribution in [3.8, 4) is 0 Å². The Balaban J connectivity index is 2.35. The molecule has 0 aromatic heterocycles. The van der Waals surface area contributed by atoms with Gasteiger partial charge in [0.2, 0.25) is 5.91 Å². The first-order valence-corrected chi connectivity index (χ1v) is 7.22. The number of carbonyl (C=O) groups excluding carboxylic acids is 1. The van der Waals surface area contributed by atoms with E-state index < -0.39 is 5.54 Å².